The molecule has 2 aliphatic rings. The van der Waals surface area contributed by atoms with Crippen molar-refractivity contribution >= 4 is 0 Å². The largest absolute Gasteiger partial charge is 0.469 e. The van der Waals surface area contributed by atoms with Gasteiger partial charge in [-0.2, -0.15) is 0 Å². The van der Waals surface area contributed by atoms with Crippen LogP contribution in [0.25, 0.3) is 0 Å². The lowest BCUT2D eigenvalue weighted by atomic mass is 9.73. The first-order valence-electron chi connectivity index (χ1n) is 8.44. The molecule has 1 spiro atoms. The van der Waals surface area contributed by atoms with Gasteiger partial charge in [0.05, 0.1) is 11.9 Å². The lowest BCUT2D eigenvalue weighted by Crippen LogP contribution is -2.49. The molecule has 1 saturated carbocycles. The number of hydrogen-bond acceptors (Lipinski definition) is 4. The van der Waals surface area contributed by atoms with Crippen molar-refractivity contribution in [3.8, 4) is 0 Å². The van der Waals surface area contributed by atoms with Crippen LogP contribution in [-0.2, 0) is 11.2 Å². The van der Waals surface area contributed by atoms with E-state index in [-0.39, 0.29) is 5.60 Å². The summed E-state index contributed by atoms with van der Waals surface area (Å²) >= 11 is 0. The van der Waals surface area contributed by atoms with E-state index in [1.54, 1.807) is 6.26 Å². The molecule has 2 atom stereocenters. The molecule has 1 aliphatic heterocycles. The third-order valence-electron chi connectivity index (χ3n) is 5.36. The van der Waals surface area contributed by atoms with Gasteiger partial charge in [0.15, 0.2) is 0 Å². The standard InChI is InChI=1S/C17H28N2O2/c18-19-16(7-6-15-5-4-11-20-15)14-8-12-21-17(13-14)9-2-1-3-10-17/h4-5,11,14,16,19H,1-3,6-10,12-13,18H2. The van der Waals surface area contributed by atoms with Crippen molar-refractivity contribution in [2.45, 2.75) is 69.4 Å². The second kappa shape index (κ2) is 6.95. The summed E-state index contributed by atoms with van der Waals surface area (Å²) in [4.78, 5) is 0. The third kappa shape index (κ3) is 3.68. The Morgan fingerprint density at radius 2 is 2.19 bits per heavy atom. The van der Waals surface area contributed by atoms with E-state index in [4.69, 9.17) is 15.0 Å². The Bertz CT molecular complexity index is 407. The molecule has 0 amide bonds. The van der Waals surface area contributed by atoms with E-state index in [1.165, 1.54) is 38.5 Å². The first-order valence-corrected chi connectivity index (χ1v) is 8.44. The van der Waals surface area contributed by atoms with Crippen LogP contribution in [0.15, 0.2) is 22.8 Å². The van der Waals surface area contributed by atoms with Gasteiger partial charge in [0, 0.05) is 19.1 Å². The summed E-state index contributed by atoms with van der Waals surface area (Å²) in [6.45, 7) is 0.892. The Morgan fingerprint density at radius 1 is 1.33 bits per heavy atom. The fraction of sp³-hybridized carbons (Fsp3) is 0.765. The van der Waals surface area contributed by atoms with E-state index in [0.29, 0.717) is 12.0 Å². The van der Waals surface area contributed by atoms with Crippen LogP contribution in [0.4, 0.5) is 0 Å². The average molecular weight is 292 g/mol. The molecule has 1 saturated heterocycles. The number of rotatable bonds is 5. The van der Waals surface area contributed by atoms with Gasteiger partial charge in [-0.3, -0.25) is 11.3 Å². The van der Waals surface area contributed by atoms with Gasteiger partial charge >= 0.3 is 0 Å². The Morgan fingerprint density at radius 3 is 2.90 bits per heavy atom. The molecular weight excluding hydrogens is 264 g/mol. The number of ether oxygens (including phenoxy) is 1. The maximum absolute atomic E-state index is 6.19. The van der Waals surface area contributed by atoms with Gasteiger partial charge < -0.3 is 9.15 Å². The normalized spacial score (nSPS) is 26.8. The van der Waals surface area contributed by atoms with Gasteiger partial charge in [-0.15, -0.1) is 0 Å². The molecule has 118 valence electrons. The maximum Gasteiger partial charge on any atom is 0.103 e. The Hall–Kier alpha value is -0.840. The molecule has 1 aromatic rings. The maximum atomic E-state index is 6.19. The highest BCUT2D eigenvalue weighted by Crippen LogP contribution is 2.41. The fourth-order valence-electron chi connectivity index (χ4n) is 4.16. The van der Waals surface area contributed by atoms with Crippen molar-refractivity contribution in [2.75, 3.05) is 6.61 Å². The zero-order valence-corrected chi connectivity index (χ0v) is 12.9. The lowest BCUT2D eigenvalue weighted by Gasteiger charge is -2.45. The number of nitrogens with one attached hydrogen (secondary N) is 1. The van der Waals surface area contributed by atoms with Crippen LogP contribution in [0.1, 0.15) is 57.1 Å². The van der Waals surface area contributed by atoms with E-state index in [2.05, 4.69) is 5.43 Å². The zero-order chi connectivity index (χ0) is 14.5. The van der Waals surface area contributed by atoms with E-state index < -0.39 is 0 Å². The minimum atomic E-state index is 0.154. The molecule has 2 heterocycles. The smallest absolute Gasteiger partial charge is 0.103 e. The first-order chi connectivity index (χ1) is 10.3. The van der Waals surface area contributed by atoms with Crippen molar-refractivity contribution in [1.29, 1.82) is 0 Å². The van der Waals surface area contributed by atoms with Crippen LogP contribution in [0.2, 0.25) is 0 Å². The van der Waals surface area contributed by atoms with Crippen molar-refractivity contribution in [1.82, 2.24) is 5.43 Å². The number of hydrazine groups is 1. The van der Waals surface area contributed by atoms with Crippen molar-refractivity contribution in [3.05, 3.63) is 24.2 Å². The van der Waals surface area contributed by atoms with E-state index in [0.717, 1.165) is 31.6 Å². The highest BCUT2D eigenvalue weighted by atomic mass is 16.5. The first kappa shape index (κ1) is 15.1. The molecule has 4 nitrogen and oxygen atoms in total. The number of furan rings is 1. The average Bonchev–Trinajstić information content (AvgIpc) is 3.02. The van der Waals surface area contributed by atoms with Gasteiger partial charge in [0.25, 0.3) is 0 Å². The van der Waals surface area contributed by atoms with Crippen molar-refractivity contribution in [2.24, 2.45) is 11.8 Å². The van der Waals surface area contributed by atoms with Crippen LogP contribution in [0, 0.1) is 5.92 Å². The zero-order valence-electron chi connectivity index (χ0n) is 12.9. The molecule has 1 aromatic heterocycles. The topological polar surface area (TPSA) is 60.4 Å². The molecule has 3 N–H and O–H groups in total. The molecule has 0 bridgehead atoms. The SMILES string of the molecule is NNC(CCc1ccco1)C1CCOC2(CCCCC2)C1. The molecule has 3 rings (SSSR count). The molecule has 2 fully saturated rings. The predicted molar refractivity (Wildman–Crippen MR) is 82.6 cm³/mol. The molecule has 0 radical (unpaired) electrons. The summed E-state index contributed by atoms with van der Waals surface area (Å²) in [7, 11) is 0. The summed E-state index contributed by atoms with van der Waals surface area (Å²) in [6.07, 6.45) is 12.5. The van der Waals surface area contributed by atoms with Crippen molar-refractivity contribution < 1.29 is 9.15 Å². The van der Waals surface area contributed by atoms with Gasteiger partial charge in [-0.1, -0.05) is 19.3 Å². The summed E-state index contributed by atoms with van der Waals surface area (Å²) in [5, 5.41) is 0. The predicted octanol–water partition coefficient (Wildman–Crippen LogP) is 3.17. The van der Waals surface area contributed by atoms with Gasteiger partial charge in [0.1, 0.15) is 5.76 Å². The molecule has 21 heavy (non-hydrogen) atoms. The van der Waals surface area contributed by atoms with Crippen LogP contribution in [-0.4, -0.2) is 18.2 Å². The summed E-state index contributed by atoms with van der Waals surface area (Å²) in [5.41, 5.74) is 3.21. The fourth-order valence-corrected chi connectivity index (χ4v) is 4.16. The van der Waals surface area contributed by atoms with Gasteiger partial charge in [-0.25, -0.2) is 0 Å². The van der Waals surface area contributed by atoms with Crippen LogP contribution >= 0.6 is 0 Å². The summed E-state index contributed by atoms with van der Waals surface area (Å²) in [6, 6.07) is 4.35. The lowest BCUT2D eigenvalue weighted by molar-refractivity contribution is -0.122. The molecule has 4 heteroatoms. The quantitative estimate of drug-likeness (QED) is 0.646. The third-order valence-corrected chi connectivity index (χ3v) is 5.36. The Kier molecular flexibility index (Phi) is 4.99. The van der Waals surface area contributed by atoms with E-state index in [9.17, 15) is 0 Å². The van der Waals surface area contributed by atoms with Gasteiger partial charge in [-0.05, 0) is 50.2 Å². The molecular formula is C17H28N2O2. The van der Waals surface area contributed by atoms with Crippen LogP contribution < -0.4 is 11.3 Å². The highest BCUT2D eigenvalue weighted by molar-refractivity contribution is 4.99. The van der Waals surface area contributed by atoms with E-state index in [1.807, 2.05) is 12.1 Å². The highest BCUT2D eigenvalue weighted by Gasteiger charge is 2.40. The minimum Gasteiger partial charge on any atom is -0.469 e. The van der Waals surface area contributed by atoms with Crippen molar-refractivity contribution in [3.63, 3.8) is 0 Å². The number of aryl methyl sites for hydroxylation is 1. The molecule has 2 unspecified atom stereocenters. The second-order valence-electron chi connectivity index (χ2n) is 6.74. The summed E-state index contributed by atoms with van der Waals surface area (Å²) < 4.78 is 11.6. The molecule has 1 aliphatic carbocycles. The minimum absolute atomic E-state index is 0.154. The number of hydrogen-bond donors (Lipinski definition) is 2. The van der Waals surface area contributed by atoms with Crippen LogP contribution in [0.5, 0.6) is 0 Å². The summed E-state index contributed by atoms with van der Waals surface area (Å²) in [5.74, 6) is 7.51. The number of nitrogens with two attached hydrogens (primary N) is 1. The second-order valence-corrected chi connectivity index (χ2v) is 6.74. The Labute approximate surface area is 127 Å². The van der Waals surface area contributed by atoms with E-state index >= 15 is 0 Å². The van der Waals surface area contributed by atoms with Crippen LogP contribution in [0.3, 0.4) is 0 Å². The molecule has 0 aromatic carbocycles. The monoisotopic (exact) mass is 292 g/mol. The van der Waals surface area contributed by atoms with Gasteiger partial charge in [0.2, 0.25) is 0 Å². The Balaban J connectivity index is 1.57.